The van der Waals surface area contributed by atoms with Crippen molar-refractivity contribution in [3.05, 3.63) is 0 Å². The molecule has 1 aliphatic heterocycles. The number of hydrogen-bond acceptors (Lipinski definition) is 3. The van der Waals surface area contributed by atoms with Gasteiger partial charge in [0, 0.05) is 6.42 Å². The van der Waals surface area contributed by atoms with Crippen LogP contribution in [0.2, 0.25) is 0 Å². The number of carbonyl (C=O) groups is 1. The Balaban J connectivity index is 2.29. The van der Waals surface area contributed by atoms with Crippen molar-refractivity contribution in [2.24, 2.45) is 0 Å². The van der Waals surface area contributed by atoms with Crippen LogP contribution >= 0.6 is 0 Å². The molecule has 0 radical (unpaired) electrons. The van der Waals surface area contributed by atoms with Crippen molar-refractivity contribution in [3.8, 4) is 0 Å². The summed E-state index contributed by atoms with van der Waals surface area (Å²) in [4.78, 5) is 10.7. The Bertz CT molecular complexity index is 245. The summed E-state index contributed by atoms with van der Waals surface area (Å²) in [5.41, 5.74) is 0. The molecule has 4 nitrogen and oxygen atoms in total. The molecule has 0 spiro atoms. The van der Waals surface area contributed by atoms with Crippen LogP contribution in [0.3, 0.4) is 0 Å². The Morgan fingerprint density at radius 3 is 2.45 bits per heavy atom. The Hall–Kier alpha value is -0.580. The van der Waals surface area contributed by atoms with Crippen LogP contribution < -0.4 is 5.32 Å². The molecule has 0 aromatic heterocycles. The van der Waals surface area contributed by atoms with Gasteiger partial charge in [-0.3, -0.25) is 4.79 Å². The summed E-state index contributed by atoms with van der Waals surface area (Å²) in [5, 5.41) is 2.60. The second kappa shape index (κ2) is 2.81. The Kier molecular flexibility index (Phi) is 2.17. The van der Waals surface area contributed by atoms with E-state index in [1.165, 1.54) is 0 Å². The van der Waals surface area contributed by atoms with Crippen molar-refractivity contribution in [3.63, 3.8) is 0 Å². The smallest absolute Gasteiger partial charge is 0.219 e. The van der Waals surface area contributed by atoms with E-state index in [1.54, 1.807) is 6.92 Å². The van der Waals surface area contributed by atoms with Gasteiger partial charge in [0.1, 0.15) is 0 Å². The highest BCUT2D eigenvalue weighted by atomic mass is 32.2. The molecule has 0 unspecified atom stereocenters. The van der Waals surface area contributed by atoms with Crippen LogP contribution in [-0.4, -0.2) is 31.9 Å². The van der Waals surface area contributed by atoms with Crippen LogP contribution in [-0.2, 0) is 14.6 Å². The number of nitrogens with one attached hydrogen (secondary N) is 1. The second-order valence-corrected chi connectivity index (χ2v) is 4.85. The first kappa shape index (κ1) is 8.52. The number of amides is 1. The lowest BCUT2D eigenvalue weighted by Crippen LogP contribution is -2.52. The highest BCUT2D eigenvalue weighted by molar-refractivity contribution is 7.92. The highest BCUT2D eigenvalue weighted by Crippen LogP contribution is 2.09. The summed E-state index contributed by atoms with van der Waals surface area (Å²) in [7, 11) is -2.80. The zero-order valence-electron chi connectivity index (χ0n) is 6.33. The molecule has 1 heterocycles. The van der Waals surface area contributed by atoms with E-state index in [4.69, 9.17) is 0 Å². The van der Waals surface area contributed by atoms with Gasteiger partial charge in [0.2, 0.25) is 5.91 Å². The molecule has 1 amide bonds. The quantitative estimate of drug-likeness (QED) is 0.607. The lowest BCUT2D eigenvalue weighted by Gasteiger charge is -2.26. The van der Waals surface area contributed by atoms with E-state index < -0.39 is 9.84 Å². The largest absolute Gasteiger partial charge is 0.351 e. The fourth-order valence-electron chi connectivity index (χ4n) is 0.977. The highest BCUT2D eigenvalue weighted by Gasteiger charge is 2.33. The van der Waals surface area contributed by atoms with Crippen LogP contribution in [0.4, 0.5) is 0 Å². The monoisotopic (exact) mass is 177 g/mol. The summed E-state index contributed by atoms with van der Waals surface area (Å²) in [6.45, 7) is 1.74. The van der Waals surface area contributed by atoms with Gasteiger partial charge in [-0.2, -0.15) is 0 Å². The van der Waals surface area contributed by atoms with Gasteiger partial charge in [-0.05, 0) is 0 Å². The topological polar surface area (TPSA) is 63.2 Å². The molecule has 0 bridgehead atoms. The molecule has 0 aromatic rings. The van der Waals surface area contributed by atoms with E-state index in [-0.39, 0.29) is 23.5 Å². The number of hydrogen-bond donors (Lipinski definition) is 1. The van der Waals surface area contributed by atoms with Crippen LogP contribution in [0.25, 0.3) is 0 Å². The van der Waals surface area contributed by atoms with Crippen molar-refractivity contribution < 1.29 is 13.2 Å². The molecule has 1 aliphatic rings. The predicted octanol–water partition coefficient (Wildman–Crippen LogP) is -0.690. The van der Waals surface area contributed by atoms with E-state index in [2.05, 4.69) is 5.32 Å². The van der Waals surface area contributed by atoms with Gasteiger partial charge < -0.3 is 5.32 Å². The minimum atomic E-state index is -2.80. The maximum absolute atomic E-state index is 10.7. The first-order chi connectivity index (χ1) is 5.03. The molecule has 1 fully saturated rings. The molecule has 0 aromatic carbocycles. The second-order valence-electron chi connectivity index (χ2n) is 2.69. The molecule has 1 saturated heterocycles. The Labute approximate surface area is 65.9 Å². The van der Waals surface area contributed by atoms with Gasteiger partial charge in [0.15, 0.2) is 9.84 Å². The lowest BCUT2D eigenvalue weighted by molar-refractivity contribution is -0.121. The van der Waals surface area contributed by atoms with Crippen molar-refractivity contribution >= 4 is 15.7 Å². The molecule has 0 atom stereocenters. The zero-order chi connectivity index (χ0) is 8.48. The van der Waals surface area contributed by atoms with E-state index in [1.807, 2.05) is 0 Å². The third kappa shape index (κ3) is 2.18. The van der Waals surface area contributed by atoms with Crippen molar-refractivity contribution in [2.45, 2.75) is 19.4 Å². The zero-order valence-corrected chi connectivity index (χ0v) is 7.15. The SMILES string of the molecule is CCC(=O)NC1CS(=O)(=O)C1. The van der Waals surface area contributed by atoms with Crippen molar-refractivity contribution in [1.29, 1.82) is 0 Å². The molecule has 0 aliphatic carbocycles. The number of sulfone groups is 1. The predicted molar refractivity (Wildman–Crippen MR) is 40.9 cm³/mol. The summed E-state index contributed by atoms with van der Waals surface area (Å²) in [5.74, 6) is 0.141. The average molecular weight is 177 g/mol. The average Bonchev–Trinajstić information content (AvgIpc) is 1.83. The first-order valence-corrected chi connectivity index (χ1v) is 5.35. The van der Waals surface area contributed by atoms with Gasteiger partial charge in [-0.1, -0.05) is 6.92 Å². The standard InChI is InChI=1S/C6H11NO3S/c1-2-6(8)7-5-3-11(9,10)4-5/h5H,2-4H2,1H3,(H,7,8). The number of rotatable bonds is 2. The van der Waals surface area contributed by atoms with Crippen LogP contribution in [0, 0.1) is 0 Å². The fraction of sp³-hybridized carbons (Fsp3) is 0.833. The molecule has 0 saturated carbocycles. The minimum Gasteiger partial charge on any atom is -0.351 e. The minimum absolute atomic E-state index is 0.0788. The van der Waals surface area contributed by atoms with Crippen LogP contribution in [0.5, 0.6) is 0 Å². The third-order valence-corrected chi connectivity index (χ3v) is 3.42. The molecule has 5 heteroatoms. The maximum atomic E-state index is 10.7. The van der Waals surface area contributed by atoms with Crippen LogP contribution in [0.1, 0.15) is 13.3 Å². The summed E-state index contributed by atoms with van der Waals surface area (Å²) in [6.07, 6.45) is 0.413. The first-order valence-electron chi connectivity index (χ1n) is 3.53. The van der Waals surface area contributed by atoms with Gasteiger partial charge >= 0.3 is 0 Å². The lowest BCUT2D eigenvalue weighted by atomic mass is 10.3. The number of carbonyl (C=O) groups excluding carboxylic acids is 1. The molecular formula is C6H11NO3S. The molecular weight excluding hydrogens is 166 g/mol. The van der Waals surface area contributed by atoms with E-state index in [0.29, 0.717) is 6.42 Å². The van der Waals surface area contributed by atoms with E-state index in [0.717, 1.165) is 0 Å². The fourth-order valence-corrected chi connectivity index (χ4v) is 2.27. The third-order valence-electron chi connectivity index (χ3n) is 1.60. The van der Waals surface area contributed by atoms with Gasteiger partial charge in [0.05, 0.1) is 17.5 Å². The molecule has 1 rings (SSSR count). The van der Waals surface area contributed by atoms with Gasteiger partial charge in [-0.15, -0.1) is 0 Å². The summed E-state index contributed by atoms with van der Waals surface area (Å²) in [6, 6.07) is -0.132. The maximum Gasteiger partial charge on any atom is 0.219 e. The van der Waals surface area contributed by atoms with Crippen LogP contribution in [0.15, 0.2) is 0 Å². The normalized spacial score (nSPS) is 22.3. The molecule has 11 heavy (non-hydrogen) atoms. The molecule has 1 N–H and O–H groups in total. The Morgan fingerprint density at radius 1 is 1.55 bits per heavy atom. The summed E-state index contributed by atoms with van der Waals surface area (Å²) >= 11 is 0. The summed E-state index contributed by atoms with van der Waals surface area (Å²) < 4.78 is 21.2. The van der Waals surface area contributed by atoms with Crippen molar-refractivity contribution in [1.82, 2.24) is 5.32 Å². The van der Waals surface area contributed by atoms with Gasteiger partial charge in [-0.25, -0.2) is 8.42 Å². The van der Waals surface area contributed by atoms with E-state index in [9.17, 15) is 13.2 Å². The van der Waals surface area contributed by atoms with E-state index >= 15 is 0 Å². The van der Waals surface area contributed by atoms with Crippen molar-refractivity contribution in [2.75, 3.05) is 11.5 Å². The molecule has 64 valence electrons. The van der Waals surface area contributed by atoms with Gasteiger partial charge in [0.25, 0.3) is 0 Å². The Morgan fingerprint density at radius 2 is 2.09 bits per heavy atom.